The maximum Gasteiger partial charge on any atom is 0.240 e. The molecule has 1 amide bonds. The number of nitrogens with zero attached hydrogens (tertiary/aromatic N) is 2. The molecule has 1 aromatic heterocycles. The zero-order chi connectivity index (χ0) is 13.0. The van der Waals surface area contributed by atoms with E-state index in [1.54, 1.807) is 0 Å². The molecule has 2 rings (SSSR count). The minimum atomic E-state index is 0.00435. The van der Waals surface area contributed by atoms with Crippen LogP contribution in [0.5, 0.6) is 0 Å². The van der Waals surface area contributed by atoms with Gasteiger partial charge in [-0.15, -0.1) is 11.3 Å². The Balaban J connectivity index is 1.86. The van der Waals surface area contributed by atoms with E-state index < -0.39 is 0 Å². The molecule has 0 aliphatic carbocycles. The highest BCUT2D eigenvalue weighted by atomic mass is 32.1. The number of likely N-dealkylation sites (tertiary alicyclic amines) is 1. The van der Waals surface area contributed by atoms with Crippen molar-refractivity contribution < 1.29 is 4.79 Å². The summed E-state index contributed by atoms with van der Waals surface area (Å²) in [6.45, 7) is 3.93. The van der Waals surface area contributed by atoms with Gasteiger partial charge < -0.3 is 11.1 Å². The molecule has 0 bridgehead atoms. The first kappa shape index (κ1) is 13.5. The molecule has 1 unspecified atom stereocenters. The SMILES string of the molecule is Cc1csc(NC(=O)CN2CCCCC2CN)n1. The number of amides is 1. The summed E-state index contributed by atoms with van der Waals surface area (Å²) >= 11 is 1.46. The van der Waals surface area contributed by atoms with E-state index in [-0.39, 0.29) is 5.91 Å². The Labute approximate surface area is 111 Å². The van der Waals surface area contributed by atoms with Gasteiger partial charge in [0.1, 0.15) is 0 Å². The third-order valence-electron chi connectivity index (χ3n) is 3.23. The lowest BCUT2D eigenvalue weighted by molar-refractivity contribution is -0.118. The number of aryl methyl sites for hydroxylation is 1. The standard InChI is InChI=1S/C12H20N4OS/c1-9-8-18-12(14-9)15-11(17)7-16-5-3-2-4-10(16)6-13/h8,10H,2-7,13H2,1H3,(H,14,15,17). The van der Waals surface area contributed by atoms with Crippen LogP contribution >= 0.6 is 11.3 Å². The summed E-state index contributed by atoms with van der Waals surface area (Å²) in [5.74, 6) is 0.00435. The monoisotopic (exact) mass is 268 g/mol. The number of nitrogens with two attached hydrogens (primary N) is 1. The maximum absolute atomic E-state index is 11.9. The number of hydrogen-bond donors (Lipinski definition) is 2. The molecule has 1 atom stereocenters. The molecule has 0 saturated carbocycles. The van der Waals surface area contributed by atoms with Crippen LogP contribution in [-0.2, 0) is 4.79 Å². The third kappa shape index (κ3) is 3.51. The Bertz CT molecular complexity index is 407. The lowest BCUT2D eigenvalue weighted by Gasteiger charge is -2.34. The fraction of sp³-hybridized carbons (Fsp3) is 0.667. The number of carbonyl (C=O) groups excluding carboxylic acids is 1. The summed E-state index contributed by atoms with van der Waals surface area (Å²) in [5.41, 5.74) is 6.68. The number of rotatable bonds is 4. The molecule has 3 N–H and O–H groups in total. The molecule has 1 saturated heterocycles. The van der Waals surface area contributed by atoms with Gasteiger partial charge in [0, 0.05) is 18.0 Å². The van der Waals surface area contributed by atoms with Crippen LogP contribution < -0.4 is 11.1 Å². The average molecular weight is 268 g/mol. The van der Waals surface area contributed by atoms with Crippen LogP contribution in [0, 0.1) is 6.92 Å². The van der Waals surface area contributed by atoms with Crippen LogP contribution in [0.2, 0.25) is 0 Å². The van der Waals surface area contributed by atoms with E-state index in [1.165, 1.54) is 17.8 Å². The van der Waals surface area contributed by atoms with Gasteiger partial charge in [-0.25, -0.2) is 4.98 Å². The Hall–Kier alpha value is -0.980. The zero-order valence-corrected chi connectivity index (χ0v) is 11.5. The van der Waals surface area contributed by atoms with E-state index >= 15 is 0 Å². The fourth-order valence-electron chi connectivity index (χ4n) is 2.29. The van der Waals surface area contributed by atoms with Gasteiger partial charge in [0.05, 0.1) is 12.2 Å². The molecule has 1 fully saturated rings. The van der Waals surface area contributed by atoms with E-state index in [0.29, 0.717) is 24.3 Å². The summed E-state index contributed by atoms with van der Waals surface area (Å²) in [6.07, 6.45) is 3.46. The topological polar surface area (TPSA) is 71.2 Å². The molecule has 0 spiro atoms. The number of thiazole rings is 1. The van der Waals surface area contributed by atoms with Crippen LogP contribution in [-0.4, -0.2) is 41.5 Å². The number of piperidine rings is 1. The highest BCUT2D eigenvalue weighted by Crippen LogP contribution is 2.17. The first-order valence-electron chi connectivity index (χ1n) is 6.35. The quantitative estimate of drug-likeness (QED) is 0.861. The Morgan fingerprint density at radius 3 is 3.17 bits per heavy atom. The van der Waals surface area contributed by atoms with Crippen molar-refractivity contribution in [3.05, 3.63) is 11.1 Å². The predicted molar refractivity (Wildman–Crippen MR) is 73.7 cm³/mol. The summed E-state index contributed by atoms with van der Waals surface area (Å²) < 4.78 is 0. The summed E-state index contributed by atoms with van der Waals surface area (Å²) in [6, 6.07) is 0.350. The van der Waals surface area contributed by atoms with E-state index in [1.807, 2.05) is 12.3 Å². The third-order valence-corrected chi connectivity index (χ3v) is 4.11. The van der Waals surface area contributed by atoms with Crippen molar-refractivity contribution in [2.45, 2.75) is 32.2 Å². The van der Waals surface area contributed by atoms with Crippen molar-refractivity contribution in [1.82, 2.24) is 9.88 Å². The fourth-order valence-corrected chi connectivity index (χ4v) is 2.99. The minimum Gasteiger partial charge on any atom is -0.329 e. The molecular formula is C12H20N4OS. The van der Waals surface area contributed by atoms with Crippen LogP contribution in [0.15, 0.2) is 5.38 Å². The molecule has 18 heavy (non-hydrogen) atoms. The Morgan fingerprint density at radius 1 is 1.67 bits per heavy atom. The number of carbonyl (C=O) groups is 1. The second-order valence-corrected chi connectivity index (χ2v) is 5.56. The molecule has 1 aliphatic rings. The zero-order valence-electron chi connectivity index (χ0n) is 10.7. The van der Waals surface area contributed by atoms with Crippen molar-refractivity contribution in [1.29, 1.82) is 0 Å². The maximum atomic E-state index is 11.9. The second kappa shape index (κ2) is 6.26. The van der Waals surface area contributed by atoms with Crippen molar-refractivity contribution >= 4 is 22.4 Å². The van der Waals surface area contributed by atoms with Crippen molar-refractivity contribution in [3.63, 3.8) is 0 Å². The number of hydrogen-bond acceptors (Lipinski definition) is 5. The van der Waals surface area contributed by atoms with Crippen molar-refractivity contribution in [2.24, 2.45) is 5.73 Å². The second-order valence-electron chi connectivity index (χ2n) is 4.70. The van der Waals surface area contributed by atoms with E-state index in [2.05, 4.69) is 15.2 Å². The van der Waals surface area contributed by atoms with Gasteiger partial charge in [-0.05, 0) is 26.3 Å². The number of nitrogens with one attached hydrogen (secondary N) is 1. The van der Waals surface area contributed by atoms with Gasteiger partial charge in [-0.2, -0.15) is 0 Å². The van der Waals surface area contributed by atoms with Crippen LogP contribution in [0.4, 0.5) is 5.13 Å². The van der Waals surface area contributed by atoms with Crippen molar-refractivity contribution in [2.75, 3.05) is 25.0 Å². The molecule has 1 aromatic rings. The molecule has 0 radical (unpaired) electrons. The first-order chi connectivity index (χ1) is 8.69. The Kier molecular flexibility index (Phi) is 4.68. The van der Waals surface area contributed by atoms with Gasteiger partial charge in [0.25, 0.3) is 0 Å². The van der Waals surface area contributed by atoms with Crippen LogP contribution in [0.1, 0.15) is 25.0 Å². The van der Waals surface area contributed by atoms with Gasteiger partial charge in [0.15, 0.2) is 5.13 Å². The Morgan fingerprint density at radius 2 is 2.50 bits per heavy atom. The van der Waals surface area contributed by atoms with Crippen molar-refractivity contribution in [3.8, 4) is 0 Å². The van der Waals surface area contributed by atoms with Gasteiger partial charge in [-0.1, -0.05) is 6.42 Å². The number of anilines is 1. The van der Waals surface area contributed by atoms with Crippen LogP contribution in [0.25, 0.3) is 0 Å². The molecule has 2 heterocycles. The van der Waals surface area contributed by atoms with Gasteiger partial charge in [-0.3, -0.25) is 9.69 Å². The summed E-state index contributed by atoms with van der Waals surface area (Å²) in [7, 11) is 0. The molecule has 1 aliphatic heterocycles. The van der Waals surface area contributed by atoms with E-state index in [4.69, 9.17) is 5.73 Å². The van der Waals surface area contributed by atoms with Gasteiger partial charge >= 0.3 is 0 Å². The highest BCUT2D eigenvalue weighted by Gasteiger charge is 2.23. The number of aromatic nitrogens is 1. The summed E-state index contributed by atoms with van der Waals surface area (Å²) in [5, 5.41) is 5.45. The first-order valence-corrected chi connectivity index (χ1v) is 7.23. The molecule has 5 nitrogen and oxygen atoms in total. The van der Waals surface area contributed by atoms with Crippen LogP contribution in [0.3, 0.4) is 0 Å². The largest absolute Gasteiger partial charge is 0.329 e. The molecule has 6 heteroatoms. The summed E-state index contributed by atoms with van der Waals surface area (Å²) in [4.78, 5) is 18.3. The smallest absolute Gasteiger partial charge is 0.240 e. The highest BCUT2D eigenvalue weighted by molar-refractivity contribution is 7.13. The normalized spacial score (nSPS) is 20.9. The lowest BCUT2D eigenvalue weighted by Crippen LogP contribution is -2.47. The minimum absolute atomic E-state index is 0.00435. The predicted octanol–water partition coefficient (Wildman–Crippen LogP) is 1.20. The van der Waals surface area contributed by atoms with E-state index in [0.717, 1.165) is 25.1 Å². The molecular weight excluding hydrogens is 248 g/mol. The lowest BCUT2D eigenvalue weighted by atomic mass is 10.0. The molecule has 0 aromatic carbocycles. The average Bonchev–Trinajstić information content (AvgIpc) is 2.75. The van der Waals surface area contributed by atoms with Gasteiger partial charge in [0.2, 0.25) is 5.91 Å². The molecule has 100 valence electrons. The van der Waals surface area contributed by atoms with E-state index in [9.17, 15) is 4.79 Å².